The Morgan fingerprint density at radius 1 is 1.26 bits per heavy atom. The summed E-state index contributed by atoms with van der Waals surface area (Å²) in [6.07, 6.45) is 6.96. The molecule has 4 rings (SSSR count). The van der Waals surface area contributed by atoms with Crippen LogP contribution in [0.1, 0.15) is 43.2 Å². The first-order valence-corrected chi connectivity index (χ1v) is 11.5. The predicted molar refractivity (Wildman–Crippen MR) is 127 cm³/mol. The quantitative estimate of drug-likeness (QED) is 0.754. The fourth-order valence-corrected chi connectivity index (χ4v) is 5.26. The number of carbonyl (C=O) groups excluding carboxylic acids is 1. The van der Waals surface area contributed by atoms with Gasteiger partial charge in [-0.3, -0.25) is 19.7 Å². The third-order valence-electron chi connectivity index (χ3n) is 6.73. The number of fused-ring (bicyclic) bond motifs is 1. The van der Waals surface area contributed by atoms with E-state index in [-0.39, 0.29) is 5.91 Å². The SMILES string of the molecule is C/N=C/c1ccc([C@@H]2C[C@@H](C)CN(CC(=O)NC3CCN(C)CC3)C2)c2cccnc12. The number of carbonyl (C=O) groups is 1. The Morgan fingerprint density at radius 3 is 2.84 bits per heavy atom. The fraction of sp³-hybridized carbons (Fsp3) is 0.560. The van der Waals surface area contributed by atoms with E-state index in [0.717, 1.165) is 56.5 Å². The van der Waals surface area contributed by atoms with Crippen molar-refractivity contribution >= 4 is 23.0 Å². The number of hydrogen-bond acceptors (Lipinski definition) is 5. The largest absolute Gasteiger partial charge is 0.352 e. The average Bonchev–Trinajstić information content (AvgIpc) is 2.75. The Balaban J connectivity index is 1.47. The smallest absolute Gasteiger partial charge is 0.234 e. The van der Waals surface area contributed by atoms with Crippen molar-refractivity contribution in [3.63, 3.8) is 0 Å². The van der Waals surface area contributed by atoms with Gasteiger partial charge in [0.15, 0.2) is 0 Å². The molecule has 2 atom stereocenters. The molecular weight excluding hydrogens is 386 g/mol. The summed E-state index contributed by atoms with van der Waals surface area (Å²) in [5, 5.41) is 4.48. The van der Waals surface area contributed by atoms with Crippen molar-refractivity contribution in [2.45, 2.75) is 38.1 Å². The topological polar surface area (TPSA) is 60.8 Å². The van der Waals surface area contributed by atoms with E-state index in [9.17, 15) is 4.79 Å². The molecule has 1 aromatic carbocycles. The third-order valence-corrected chi connectivity index (χ3v) is 6.73. The molecule has 6 heteroatoms. The predicted octanol–water partition coefficient (Wildman–Crippen LogP) is 2.92. The minimum absolute atomic E-state index is 0.170. The van der Waals surface area contributed by atoms with Crippen LogP contribution in [-0.4, -0.2) is 79.8 Å². The van der Waals surface area contributed by atoms with Crippen LogP contribution in [0.2, 0.25) is 0 Å². The molecule has 2 aromatic rings. The van der Waals surface area contributed by atoms with Gasteiger partial charge in [-0.2, -0.15) is 0 Å². The first-order valence-electron chi connectivity index (χ1n) is 11.5. The summed E-state index contributed by atoms with van der Waals surface area (Å²) in [6, 6.07) is 8.87. The molecule has 1 aromatic heterocycles. The molecule has 6 nitrogen and oxygen atoms in total. The zero-order valence-corrected chi connectivity index (χ0v) is 19.1. The van der Waals surface area contributed by atoms with Gasteiger partial charge in [0.2, 0.25) is 5.91 Å². The van der Waals surface area contributed by atoms with Gasteiger partial charge in [0.25, 0.3) is 0 Å². The lowest BCUT2D eigenvalue weighted by atomic mass is 9.83. The monoisotopic (exact) mass is 421 g/mol. The summed E-state index contributed by atoms with van der Waals surface area (Å²) in [5.41, 5.74) is 3.40. The first-order chi connectivity index (χ1) is 15.0. The fourth-order valence-electron chi connectivity index (χ4n) is 5.26. The molecule has 0 unspecified atom stereocenters. The minimum atomic E-state index is 0.170. The molecule has 0 spiro atoms. The molecule has 1 N–H and O–H groups in total. The standard InChI is InChI=1S/C25H35N5O/c1-18-13-20(22-7-6-19(14-26-2)25-23(22)5-4-10-27-25)16-30(15-18)17-24(31)28-21-8-11-29(3)12-9-21/h4-7,10,14,18,20-21H,8-9,11-13,15-17H2,1-3H3,(H,28,31)/b26-14+/t18-,20-/m1/s1. The lowest BCUT2D eigenvalue weighted by molar-refractivity contribution is -0.123. The van der Waals surface area contributed by atoms with E-state index in [1.807, 2.05) is 18.5 Å². The molecule has 31 heavy (non-hydrogen) atoms. The Morgan fingerprint density at radius 2 is 2.06 bits per heavy atom. The Hall–Kier alpha value is -2.31. The van der Waals surface area contributed by atoms with Crippen LogP contribution < -0.4 is 5.32 Å². The van der Waals surface area contributed by atoms with Gasteiger partial charge < -0.3 is 10.2 Å². The van der Waals surface area contributed by atoms with Crippen molar-refractivity contribution in [1.82, 2.24) is 20.1 Å². The van der Waals surface area contributed by atoms with Crippen LogP contribution >= 0.6 is 0 Å². The van der Waals surface area contributed by atoms with E-state index in [1.54, 1.807) is 7.05 Å². The first kappa shape index (κ1) is 21.9. The summed E-state index contributed by atoms with van der Waals surface area (Å²) in [6.45, 7) is 6.81. The van der Waals surface area contributed by atoms with Gasteiger partial charge in [-0.1, -0.05) is 25.1 Å². The number of nitrogens with zero attached hydrogens (tertiary/aromatic N) is 4. The molecular formula is C25H35N5O. The zero-order valence-electron chi connectivity index (χ0n) is 19.1. The van der Waals surface area contributed by atoms with Gasteiger partial charge in [-0.25, -0.2) is 0 Å². The molecule has 2 aliphatic rings. The molecule has 2 saturated heterocycles. The lowest BCUT2D eigenvalue weighted by Crippen LogP contribution is -2.49. The van der Waals surface area contributed by atoms with Gasteiger partial charge in [0, 0.05) is 49.5 Å². The van der Waals surface area contributed by atoms with E-state index in [4.69, 9.17) is 0 Å². The van der Waals surface area contributed by atoms with E-state index < -0.39 is 0 Å². The Bertz CT molecular complexity index is 935. The molecule has 2 fully saturated rings. The number of likely N-dealkylation sites (tertiary alicyclic amines) is 2. The van der Waals surface area contributed by atoms with Gasteiger partial charge in [-0.15, -0.1) is 0 Å². The number of amides is 1. The summed E-state index contributed by atoms with van der Waals surface area (Å²) in [7, 11) is 3.94. The van der Waals surface area contributed by atoms with Gasteiger partial charge in [0.05, 0.1) is 12.1 Å². The van der Waals surface area contributed by atoms with Crippen LogP contribution in [0.15, 0.2) is 35.5 Å². The van der Waals surface area contributed by atoms with Crippen molar-refractivity contribution in [2.24, 2.45) is 10.9 Å². The highest BCUT2D eigenvalue weighted by molar-refractivity contribution is 5.99. The van der Waals surface area contributed by atoms with E-state index in [2.05, 4.69) is 57.3 Å². The maximum atomic E-state index is 12.7. The van der Waals surface area contributed by atoms with E-state index in [0.29, 0.717) is 24.4 Å². The van der Waals surface area contributed by atoms with Crippen molar-refractivity contribution < 1.29 is 4.79 Å². The number of piperidine rings is 2. The van der Waals surface area contributed by atoms with Gasteiger partial charge in [-0.05, 0) is 62.9 Å². The molecule has 0 aliphatic carbocycles. The number of hydrogen-bond donors (Lipinski definition) is 1. The van der Waals surface area contributed by atoms with Crippen molar-refractivity contribution in [1.29, 1.82) is 0 Å². The molecule has 0 saturated carbocycles. The number of nitrogens with one attached hydrogen (secondary N) is 1. The molecule has 3 heterocycles. The average molecular weight is 422 g/mol. The maximum absolute atomic E-state index is 12.7. The highest BCUT2D eigenvalue weighted by Crippen LogP contribution is 2.34. The van der Waals surface area contributed by atoms with Gasteiger partial charge in [0.1, 0.15) is 0 Å². The molecule has 0 bridgehead atoms. The van der Waals surface area contributed by atoms with E-state index >= 15 is 0 Å². The summed E-state index contributed by atoms with van der Waals surface area (Å²) in [4.78, 5) is 26.2. The number of pyridine rings is 1. The highest BCUT2D eigenvalue weighted by Gasteiger charge is 2.29. The highest BCUT2D eigenvalue weighted by atomic mass is 16.2. The van der Waals surface area contributed by atoms with E-state index in [1.165, 1.54) is 10.9 Å². The third kappa shape index (κ3) is 5.31. The Labute approximate surface area is 185 Å². The van der Waals surface area contributed by atoms with Gasteiger partial charge >= 0.3 is 0 Å². The van der Waals surface area contributed by atoms with Crippen LogP contribution in [0.4, 0.5) is 0 Å². The van der Waals surface area contributed by atoms with Crippen LogP contribution in [-0.2, 0) is 4.79 Å². The summed E-state index contributed by atoms with van der Waals surface area (Å²) in [5.74, 6) is 1.13. The van der Waals surface area contributed by atoms with Crippen LogP contribution in [0.25, 0.3) is 10.9 Å². The van der Waals surface area contributed by atoms with Crippen LogP contribution in [0, 0.1) is 5.92 Å². The number of aromatic nitrogens is 1. The molecule has 0 radical (unpaired) electrons. The second-order valence-electron chi connectivity index (χ2n) is 9.41. The number of rotatable bonds is 5. The van der Waals surface area contributed by atoms with Crippen LogP contribution in [0.5, 0.6) is 0 Å². The number of benzene rings is 1. The lowest BCUT2D eigenvalue weighted by Gasteiger charge is -2.37. The second-order valence-corrected chi connectivity index (χ2v) is 9.41. The van der Waals surface area contributed by atoms with Crippen molar-refractivity contribution in [3.05, 3.63) is 41.6 Å². The summed E-state index contributed by atoms with van der Waals surface area (Å²) >= 11 is 0. The summed E-state index contributed by atoms with van der Waals surface area (Å²) < 4.78 is 0. The molecule has 166 valence electrons. The van der Waals surface area contributed by atoms with Crippen molar-refractivity contribution in [3.8, 4) is 0 Å². The van der Waals surface area contributed by atoms with Crippen LogP contribution in [0.3, 0.4) is 0 Å². The minimum Gasteiger partial charge on any atom is -0.352 e. The number of aliphatic imine (C=N–C) groups is 1. The molecule has 2 aliphatic heterocycles. The maximum Gasteiger partial charge on any atom is 0.234 e. The zero-order chi connectivity index (χ0) is 21.8. The normalized spacial score (nSPS) is 24.1. The van der Waals surface area contributed by atoms with Crippen molar-refractivity contribution in [2.75, 3.05) is 46.8 Å². The Kier molecular flexibility index (Phi) is 6.98. The second kappa shape index (κ2) is 9.88. The molecule has 1 amide bonds.